The van der Waals surface area contributed by atoms with Crippen LogP contribution in [0.1, 0.15) is 45.5 Å². The Morgan fingerprint density at radius 2 is 1.70 bits per heavy atom. The number of carbonyl (C=O) groups excluding carboxylic acids is 3. The van der Waals surface area contributed by atoms with Gasteiger partial charge < -0.3 is 15.4 Å². The van der Waals surface area contributed by atoms with Crippen molar-refractivity contribution in [1.82, 2.24) is 25.3 Å². The van der Waals surface area contributed by atoms with E-state index in [-0.39, 0.29) is 24.6 Å². The molecule has 3 amide bonds. The Morgan fingerprint density at radius 1 is 0.980 bits per heavy atom. The maximum absolute atomic E-state index is 14.4. The third kappa shape index (κ3) is 7.19. The molecule has 1 aromatic heterocycles. The Kier molecular flexibility index (Phi) is 10.2. The molecule has 3 aromatic carbocycles. The first-order valence-electron chi connectivity index (χ1n) is 16.3. The molecule has 4 aromatic rings. The standard InChI is InChI=1S/C37H37F3N6O4/c1-3-45-35-30(22-42-46(35)28-13-5-4-6-14-28)31(32(36(45)49)43-34(48)25-11-9-12-27(20-25)37(38,39)40)29-15-8-7-10-26(29)21-41-33(47)24(2)23-44-16-18-50-19-17-44/h4-15,20,22,31-32H,2-3,16-19,21,23H2,1H3,(H,41,47)(H,43,48)/t31-,32+/m1/s1. The van der Waals surface area contributed by atoms with Gasteiger partial charge in [-0.1, -0.05) is 55.1 Å². The average Bonchev–Trinajstić information content (AvgIpc) is 3.56. The number of ether oxygens (including phenoxy) is 1. The first-order chi connectivity index (χ1) is 24.1. The summed E-state index contributed by atoms with van der Waals surface area (Å²) < 4.78 is 47.7. The Bertz CT molecular complexity index is 1890. The van der Waals surface area contributed by atoms with E-state index in [1.807, 2.05) is 42.5 Å². The number of hydrogen-bond acceptors (Lipinski definition) is 6. The molecule has 260 valence electrons. The Hall–Kier alpha value is -5.27. The highest BCUT2D eigenvalue weighted by Crippen LogP contribution is 2.42. The zero-order chi connectivity index (χ0) is 35.4. The molecule has 6 rings (SSSR count). The molecule has 10 nitrogen and oxygen atoms in total. The minimum absolute atomic E-state index is 0.0930. The molecule has 0 aliphatic carbocycles. The lowest BCUT2D eigenvalue weighted by Crippen LogP contribution is -2.55. The predicted molar refractivity (Wildman–Crippen MR) is 181 cm³/mol. The van der Waals surface area contributed by atoms with Gasteiger partial charge in [0.15, 0.2) is 0 Å². The molecule has 3 heterocycles. The molecule has 50 heavy (non-hydrogen) atoms. The topological polar surface area (TPSA) is 109 Å². The number of aromatic nitrogens is 2. The summed E-state index contributed by atoms with van der Waals surface area (Å²) in [7, 11) is 0. The summed E-state index contributed by atoms with van der Waals surface area (Å²) in [5.74, 6) is -1.91. The van der Waals surface area contributed by atoms with Gasteiger partial charge in [-0.15, -0.1) is 0 Å². The quantitative estimate of drug-likeness (QED) is 0.235. The number of rotatable bonds is 10. The van der Waals surface area contributed by atoms with E-state index in [0.717, 1.165) is 18.2 Å². The van der Waals surface area contributed by atoms with E-state index < -0.39 is 35.5 Å². The van der Waals surface area contributed by atoms with Crippen LogP contribution in [0.3, 0.4) is 0 Å². The van der Waals surface area contributed by atoms with Crippen molar-refractivity contribution in [3.63, 3.8) is 0 Å². The van der Waals surface area contributed by atoms with E-state index >= 15 is 0 Å². The zero-order valence-electron chi connectivity index (χ0n) is 27.5. The van der Waals surface area contributed by atoms with Crippen LogP contribution < -0.4 is 15.5 Å². The van der Waals surface area contributed by atoms with E-state index in [0.29, 0.717) is 66.6 Å². The lowest BCUT2D eigenvalue weighted by atomic mass is 9.80. The van der Waals surface area contributed by atoms with Gasteiger partial charge in [-0.3, -0.25) is 24.2 Å². The van der Waals surface area contributed by atoms with Crippen molar-refractivity contribution in [2.45, 2.75) is 31.6 Å². The lowest BCUT2D eigenvalue weighted by Gasteiger charge is -2.38. The van der Waals surface area contributed by atoms with Crippen molar-refractivity contribution in [1.29, 1.82) is 0 Å². The number of alkyl halides is 3. The van der Waals surface area contributed by atoms with Gasteiger partial charge in [-0.2, -0.15) is 18.3 Å². The van der Waals surface area contributed by atoms with Crippen LogP contribution in [0.2, 0.25) is 0 Å². The number of hydrogen-bond donors (Lipinski definition) is 2. The summed E-state index contributed by atoms with van der Waals surface area (Å²) in [6.07, 6.45) is -3.01. The van der Waals surface area contributed by atoms with Crippen LogP contribution in [0.25, 0.3) is 5.69 Å². The van der Waals surface area contributed by atoms with Crippen LogP contribution in [0.15, 0.2) is 97.2 Å². The number of anilines is 1. The van der Waals surface area contributed by atoms with Gasteiger partial charge in [0.05, 0.1) is 30.7 Å². The second kappa shape index (κ2) is 14.7. The molecule has 0 bridgehead atoms. The van der Waals surface area contributed by atoms with Crippen LogP contribution in [0.5, 0.6) is 0 Å². The number of nitrogens with zero attached hydrogens (tertiary/aromatic N) is 4. The number of nitrogens with one attached hydrogen (secondary N) is 2. The zero-order valence-corrected chi connectivity index (χ0v) is 27.5. The van der Waals surface area contributed by atoms with E-state index in [1.54, 1.807) is 29.9 Å². The number of fused-ring (bicyclic) bond motifs is 1. The SMILES string of the molecule is C=C(CN1CCOCC1)C(=O)NCc1ccccc1[C@@H]1c2cnn(-c3ccccc3)c2N(CC)C(=O)[C@H]1NC(=O)c1cccc(C(F)(F)F)c1. The van der Waals surface area contributed by atoms with Gasteiger partial charge >= 0.3 is 6.18 Å². The summed E-state index contributed by atoms with van der Waals surface area (Å²) in [6.45, 7) is 9.08. The Morgan fingerprint density at radius 3 is 2.42 bits per heavy atom. The van der Waals surface area contributed by atoms with Gasteiger partial charge in [0.25, 0.3) is 11.8 Å². The molecule has 0 unspecified atom stereocenters. The highest BCUT2D eigenvalue weighted by Gasteiger charge is 2.45. The van der Waals surface area contributed by atoms with Gasteiger partial charge in [0, 0.05) is 55.3 Å². The number of halogens is 3. The minimum atomic E-state index is -4.66. The number of para-hydroxylation sites is 1. The fourth-order valence-electron chi connectivity index (χ4n) is 6.46. The summed E-state index contributed by atoms with van der Waals surface area (Å²) >= 11 is 0. The maximum atomic E-state index is 14.4. The fourth-order valence-corrected chi connectivity index (χ4v) is 6.46. The summed E-state index contributed by atoms with van der Waals surface area (Å²) in [5.41, 5.74) is 1.84. The summed E-state index contributed by atoms with van der Waals surface area (Å²) in [5, 5.41) is 10.4. The van der Waals surface area contributed by atoms with Gasteiger partial charge in [0.1, 0.15) is 11.9 Å². The van der Waals surface area contributed by atoms with Crippen molar-refractivity contribution in [2.75, 3.05) is 44.3 Å². The largest absolute Gasteiger partial charge is 0.416 e. The van der Waals surface area contributed by atoms with Gasteiger partial charge in [-0.25, -0.2) is 4.68 Å². The molecule has 1 saturated heterocycles. The van der Waals surface area contributed by atoms with Crippen molar-refractivity contribution >= 4 is 23.5 Å². The number of morpholine rings is 1. The number of benzene rings is 3. The predicted octanol–water partition coefficient (Wildman–Crippen LogP) is 4.69. The molecular weight excluding hydrogens is 649 g/mol. The van der Waals surface area contributed by atoms with Crippen molar-refractivity contribution < 1.29 is 32.3 Å². The average molecular weight is 687 g/mol. The molecule has 2 N–H and O–H groups in total. The molecular formula is C37H37F3N6O4. The van der Waals surface area contributed by atoms with Crippen molar-refractivity contribution in [3.8, 4) is 5.69 Å². The Labute approximate surface area is 287 Å². The molecule has 0 saturated carbocycles. The maximum Gasteiger partial charge on any atom is 0.416 e. The van der Waals surface area contributed by atoms with Crippen LogP contribution in [0.4, 0.5) is 19.0 Å². The van der Waals surface area contributed by atoms with E-state index in [4.69, 9.17) is 4.74 Å². The van der Waals surface area contributed by atoms with Crippen LogP contribution in [-0.4, -0.2) is 77.8 Å². The molecule has 1 fully saturated rings. The molecule has 2 atom stereocenters. The molecule has 0 radical (unpaired) electrons. The molecule has 2 aliphatic heterocycles. The van der Waals surface area contributed by atoms with Crippen molar-refractivity contribution in [2.24, 2.45) is 0 Å². The van der Waals surface area contributed by atoms with Crippen molar-refractivity contribution in [3.05, 3.63) is 125 Å². The summed E-state index contributed by atoms with van der Waals surface area (Å²) in [4.78, 5) is 44.8. The fraction of sp³-hybridized carbons (Fsp3) is 0.297. The van der Waals surface area contributed by atoms with E-state index in [9.17, 15) is 27.6 Å². The number of carbonyl (C=O) groups is 3. The highest BCUT2D eigenvalue weighted by atomic mass is 19.4. The van der Waals surface area contributed by atoms with Crippen LogP contribution in [-0.2, 0) is 27.0 Å². The number of amides is 3. The number of likely N-dealkylation sites (N-methyl/N-ethyl adjacent to an activating group) is 1. The van der Waals surface area contributed by atoms with Gasteiger partial charge in [-0.05, 0) is 48.4 Å². The molecule has 0 spiro atoms. The first kappa shape index (κ1) is 34.6. The van der Waals surface area contributed by atoms with Crippen LogP contribution >= 0.6 is 0 Å². The normalized spacial score (nSPS) is 18.0. The second-order valence-corrected chi connectivity index (χ2v) is 12.1. The smallest absolute Gasteiger partial charge is 0.379 e. The highest BCUT2D eigenvalue weighted by molar-refractivity contribution is 6.05. The van der Waals surface area contributed by atoms with Crippen LogP contribution in [0, 0.1) is 0 Å². The minimum Gasteiger partial charge on any atom is -0.379 e. The van der Waals surface area contributed by atoms with E-state index in [2.05, 4.69) is 27.2 Å². The van der Waals surface area contributed by atoms with Gasteiger partial charge in [0.2, 0.25) is 5.91 Å². The second-order valence-electron chi connectivity index (χ2n) is 12.1. The summed E-state index contributed by atoms with van der Waals surface area (Å²) in [6, 6.07) is 19.4. The lowest BCUT2D eigenvalue weighted by molar-refractivity contribution is -0.137. The molecule has 13 heteroatoms. The third-order valence-corrected chi connectivity index (χ3v) is 8.95. The Balaban J connectivity index is 1.37. The first-order valence-corrected chi connectivity index (χ1v) is 16.3. The molecule has 2 aliphatic rings. The third-order valence-electron chi connectivity index (χ3n) is 8.95. The van der Waals surface area contributed by atoms with E-state index in [1.165, 1.54) is 11.0 Å². The monoisotopic (exact) mass is 686 g/mol.